The molecular formula is C26H34ClN3O5S. The molecule has 8 nitrogen and oxygen atoms in total. The SMILES string of the molecule is COc1ccc(CN(C(=O)CN(c2cccc(Cl)c2C)S(C)(=O)=O)[C@H](C)C(=O)NC2CCCC2)cc1. The number of ether oxygens (including phenoxy) is 1. The van der Waals surface area contributed by atoms with E-state index in [4.69, 9.17) is 16.3 Å². The molecule has 0 aliphatic heterocycles. The fourth-order valence-electron chi connectivity index (χ4n) is 4.36. The minimum Gasteiger partial charge on any atom is -0.497 e. The molecule has 0 bridgehead atoms. The molecule has 2 aromatic rings. The number of benzene rings is 2. The Bertz CT molecular complexity index is 1180. The second-order valence-corrected chi connectivity index (χ2v) is 11.5. The largest absolute Gasteiger partial charge is 0.497 e. The average molecular weight is 536 g/mol. The Hall–Kier alpha value is -2.78. The fraction of sp³-hybridized carbons (Fsp3) is 0.462. The summed E-state index contributed by atoms with van der Waals surface area (Å²) in [7, 11) is -2.25. The number of carbonyl (C=O) groups excluding carboxylic acids is 2. The van der Waals surface area contributed by atoms with Crippen LogP contribution in [0.3, 0.4) is 0 Å². The number of hydrogen-bond acceptors (Lipinski definition) is 5. The molecule has 0 heterocycles. The highest BCUT2D eigenvalue weighted by molar-refractivity contribution is 7.92. The lowest BCUT2D eigenvalue weighted by atomic mass is 10.1. The van der Waals surface area contributed by atoms with Crippen molar-refractivity contribution >= 4 is 39.1 Å². The zero-order chi connectivity index (χ0) is 26.5. The molecule has 1 atom stereocenters. The number of amides is 2. The van der Waals surface area contributed by atoms with E-state index in [9.17, 15) is 18.0 Å². The Morgan fingerprint density at radius 3 is 2.36 bits per heavy atom. The van der Waals surface area contributed by atoms with Crippen LogP contribution in [0.5, 0.6) is 5.75 Å². The number of rotatable bonds is 10. The number of halogens is 1. The van der Waals surface area contributed by atoms with Crippen molar-refractivity contribution in [1.29, 1.82) is 0 Å². The van der Waals surface area contributed by atoms with Gasteiger partial charge >= 0.3 is 0 Å². The van der Waals surface area contributed by atoms with Crippen LogP contribution >= 0.6 is 11.6 Å². The maximum absolute atomic E-state index is 13.7. The Morgan fingerprint density at radius 1 is 1.14 bits per heavy atom. The standard InChI is InChI=1S/C26H34ClN3O5S/c1-18-23(27)10-7-11-24(18)30(36(4,33)34)17-25(31)29(16-20-12-14-22(35-3)15-13-20)19(2)26(32)28-21-8-5-6-9-21/h7,10-15,19,21H,5-6,8-9,16-17H2,1-4H3,(H,28,32)/t19-/m1/s1. The summed E-state index contributed by atoms with van der Waals surface area (Å²) in [5.41, 5.74) is 1.66. The molecule has 1 N–H and O–H groups in total. The Balaban J connectivity index is 1.90. The molecule has 2 amide bonds. The predicted molar refractivity (Wildman–Crippen MR) is 142 cm³/mol. The summed E-state index contributed by atoms with van der Waals surface area (Å²) in [4.78, 5) is 28.2. The highest BCUT2D eigenvalue weighted by atomic mass is 35.5. The second-order valence-electron chi connectivity index (χ2n) is 9.19. The quantitative estimate of drug-likeness (QED) is 0.498. The third-order valence-corrected chi connectivity index (χ3v) is 8.10. The van der Waals surface area contributed by atoms with Crippen molar-refractivity contribution < 1.29 is 22.7 Å². The topological polar surface area (TPSA) is 96.0 Å². The van der Waals surface area contributed by atoms with Gasteiger partial charge in [0.25, 0.3) is 0 Å². The third-order valence-electron chi connectivity index (χ3n) is 6.57. The lowest BCUT2D eigenvalue weighted by Crippen LogP contribution is -2.52. The van der Waals surface area contributed by atoms with Crippen LogP contribution in [0.15, 0.2) is 42.5 Å². The zero-order valence-corrected chi connectivity index (χ0v) is 22.7. The van der Waals surface area contributed by atoms with E-state index >= 15 is 0 Å². The molecule has 0 radical (unpaired) electrons. The van der Waals surface area contributed by atoms with Crippen LogP contribution in [0.1, 0.15) is 43.7 Å². The van der Waals surface area contributed by atoms with E-state index < -0.39 is 28.5 Å². The van der Waals surface area contributed by atoms with Gasteiger partial charge in [-0.25, -0.2) is 8.42 Å². The molecule has 0 unspecified atom stereocenters. The van der Waals surface area contributed by atoms with Crippen LogP contribution in [0.4, 0.5) is 5.69 Å². The second kappa shape index (κ2) is 12.0. The Kier molecular flexibility index (Phi) is 9.24. The third kappa shape index (κ3) is 6.91. The molecule has 3 rings (SSSR count). The molecule has 2 aromatic carbocycles. The van der Waals surface area contributed by atoms with Gasteiger partial charge in [-0.15, -0.1) is 0 Å². The first-order valence-electron chi connectivity index (χ1n) is 12.0. The maximum Gasteiger partial charge on any atom is 0.244 e. The van der Waals surface area contributed by atoms with Crippen LogP contribution in [0, 0.1) is 6.92 Å². The molecule has 1 saturated carbocycles. The number of anilines is 1. The van der Waals surface area contributed by atoms with Gasteiger partial charge in [0, 0.05) is 17.6 Å². The summed E-state index contributed by atoms with van der Waals surface area (Å²) in [6.45, 7) is 3.04. The van der Waals surface area contributed by atoms with Gasteiger partial charge in [-0.05, 0) is 62.1 Å². The van der Waals surface area contributed by atoms with Crippen molar-refractivity contribution in [3.63, 3.8) is 0 Å². The van der Waals surface area contributed by atoms with Gasteiger partial charge in [0.2, 0.25) is 21.8 Å². The van der Waals surface area contributed by atoms with E-state index in [2.05, 4.69) is 5.32 Å². The Labute approximate surface area is 218 Å². The summed E-state index contributed by atoms with van der Waals surface area (Å²) in [6.07, 6.45) is 5.01. The van der Waals surface area contributed by atoms with Crippen molar-refractivity contribution in [2.24, 2.45) is 0 Å². The van der Waals surface area contributed by atoms with Crippen molar-refractivity contribution in [2.45, 2.75) is 58.2 Å². The molecule has 10 heteroatoms. The molecule has 0 spiro atoms. The van der Waals surface area contributed by atoms with E-state index in [0.717, 1.165) is 41.8 Å². The molecule has 36 heavy (non-hydrogen) atoms. The number of carbonyl (C=O) groups is 2. The first kappa shape index (κ1) is 27.8. The molecule has 1 fully saturated rings. The maximum atomic E-state index is 13.7. The fourth-order valence-corrected chi connectivity index (χ4v) is 5.43. The van der Waals surface area contributed by atoms with Gasteiger partial charge in [-0.1, -0.05) is 42.6 Å². The number of nitrogens with zero attached hydrogens (tertiary/aromatic N) is 2. The lowest BCUT2D eigenvalue weighted by Gasteiger charge is -2.32. The predicted octanol–water partition coefficient (Wildman–Crippen LogP) is 3.90. The summed E-state index contributed by atoms with van der Waals surface area (Å²) in [6, 6.07) is 11.4. The highest BCUT2D eigenvalue weighted by Crippen LogP contribution is 2.28. The summed E-state index contributed by atoms with van der Waals surface area (Å²) < 4.78 is 31.7. The smallest absolute Gasteiger partial charge is 0.244 e. The van der Waals surface area contributed by atoms with Crippen LogP contribution < -0.4 is 14.4 Å². The number of nitrogens with one attached hydrogen (secondary N) is 1. The van der Waals surface area contributed by atoms with Gasteiger partial charge in [0.1, 0.15) is 18.3 Å². The lowest BCUT2D eigenvalue weighted by molar-refractivity contribution is -0.139. The van der Waals surface area contributed by atoms with Crippen LogP contribution in [-0.4, -0.2) is 57.1 Å². The van der Waals surface area contributed by atoms with Crippen LogP contribution in [-0.2, 0) is 26.2 Å². The van der Waals surface area contributed by atoms with Crippen molar-refractivity contribution in [3.8, 4) is 5.75 Å². The van der Waals surface area contributed by atoms with Crippen molar-refractivity contribution in [2.75, 3.05) is 24.2 Å². The van der Waals surface area contributed by atoms with Gasteiger partial charge in [-0.2, -0.15) is 0 Å². The van der Waals surface area contributed by atoms with Crippen molar-refractivity contribution in [3.05, 3.63) is 58.6 Å². The van der Waals surface area contributed by atoms with E-state index in [0.29, 0.717) is 22.0 Å². The first-order valence-corrected chi connectivity index (χ1v) is 14.2. The van der Waals surface area contributed by atoms with E-state index in [1.54, 1.807) is 51.3 Å². The van der Waals surface area contributed by atoms with E-state index in [-0.39, 0.29) is 18.5 Å². The monoisotopic (exact) mass is 535 g/mol. The normalized spacial score (nSPS) is 14.8. The molecule has 196 valence electrons. The minimum atomic E-state index is -3.82. The zero-order valence-electron chi connectivity index (χ0n) is 21.2. The highest BCUT2D eigenvalue weighted by Gasteiger charge is 2.32. The van der Waals surface area contributed by atoms with E-state index in [1.807, 2.05) is 12.1 Å². The molecule has 0 aromatic heterocycles. The van der Waals surface area contributed by atoms with Gasteiger partial charge < -0.3 is 15.0 Å². The van der Waals surface area contributed by atoms with Gasteiger partial charge in [0.05, 0.1) is 19.1 Å². The average Bonchev–Trinajstić information content (AvgIpc) is 3.35. The van der Waals surface area contributed by atoms with E-state index in [1.165, 1.54) is 4.90 Å². The number of sulfonamides is 1. The summed E-state index contributed by atoms with van der Waals surface area (Å²) in [5, 5.41) is 3.44. The number of hydrogen-bond donors (Lipinski definition) is 1. The first-order chi connectivity index (χ1) is 17.0. The van der Waals surface area contributed by atoms with Gasteiger partial charge in [-0.3, -0.25) is 13.9 Å². The minimum absolute atomic E-state index is 0.0968. The van der Waals surface area contributed by atoms with Gasteiger partial charge in [0.15, 0.2) is 0 Å². The number of methoxy groups -OCH3 is 1. The molecular weight excluding hydrogens is 502 g/mol. The Morgan fingerprint density at radius 2 is 1.78 bits per heavy atom. The summed E-state index contributed by atoms with van der Waals surface area (Å²) in [5.74, 6) is -0.0818. The van der Waals surface area contributed by atoms with Crippen LogP contribution in [0.2, 0.25) is 5.02 Å². The van der Waals surface area contributed by atoms with Crippen LogP contribution in [0.25, 0.3) is 0 Å². The molecule has 1 aliphatic rings. The molecule has 0 saturated heterocycles. The van der Waals surface area contributed by atoms with Crippen molar-refractivity contribution in [1.82, 2.24) is 10.2 Å². The molecule has 1 aliphatic carbocycles. The summed E-state index contributed by atoms with van der Waals surface area (Å²) >= 11 is 6.23.